The molecule has 60 valence electrons. The van der Waals surface area contributed by atoms with Crippen molar-refractivity contribution in [2.75, 3.05) is 19.7 Å². The summed E-state index contributed by atoms with van der Waals surface area (Å²) >= 11 is 0. The van der Waals surface area contributed by atoms with Crippen molar-refractivity contribution in [3.8, 4) is 6.19 Å². The molecule has 0 saturated carbocycles. The first-order chi connectivity index (χ1) is 5.38. The Bertz CT molecular complexity index is 194. The number of nitrogens with zero attached hydrogens (tertiary/aromatic N) is 3. The first-order valence-electron chi connectivity index (χ1n) is 3.73. The predicted molar refractivity (Wildman–Crippen MR) is 40.9 cm³/mol. The second-order valence-corrected chi connectivity index (χ2v) is 2.28. The van der Waals surface area contributed by atoms with Gasteiger partial charge in [-0.2, -0.15) is 5.26 Å². The van der Waals surface area contributed by atoms with Crippen LogP contribution in [0.2, 0.25) is 0 Å². The minimum Gasteiger partial charge on any atom is -0.464 e. The standard InChI is InChI=1S/C7H11N3O/c1-2-10-4-3-5-11-7(10)9-6-8/h2-5H2,1H3/b9-7-. The van der Waals surface area contributed by atoms with Crippen LogP contribution in [0.5, 0.6) is 0 Å². The SMILES string of the molecule is CCN1CCCO/C1=N\C#N. The van der Waals surface area contributed by atoms with E-state index in [1.165, 1.54) is 0 Å². The molecule has 1 rings (SSSR count). The highest BCUT2D eigenvalue weighted by molar-refractivity contribution is 5.75. The molecule has 1 saturated heterocycles. The summed E-state index contributed by atoms with van der Waals surface area (Å²) < 4.78 is 5.18. The van der Waals surface area contributed by atoms with Gasteiger partial charge in [-0.1, -0.05) is 0 Å². The van der Waals surface area contributed by atoms with Crippen molar-refractivity contribution in [1.29, 1.82) is 5.26 Å². The summed E-state index contributed by atoms with van der Waals surface area (Å²) in [5.74, 6) is 0. The van der Waals surface area contributed by atoms with Crippen molar-refractivity contribution >= 4 is 6.02 Å². The highest BCUT2D eigenvalue weighted by Gasteiger charge is 2.15. The van der Waals surface area contributed by atoms with Crippen LogP contribution in [-0.2, 0) is 4.74 Å². The number of hydrogen-bond donors (Lipinski definition) is 0. The summed E-state index contributed by atoms with van der Waals surface area (Å²) in [5, 5.41) is 8.29. The molecule has 4 heteroatoms. The Balaban J connectivity index is 2.60. The molecule has 0 bridgehead atoms. The average Bonchev–Trinajstić information content (AvgIpc) is 2.06. The van der Waals surface area contributed by atoms with Crippen molar-refractivity contribution in [2.45, 2.75) is 13.3 Å². The molecule has 0 spiro atoms. The average molecular weight is 153 g/mol. The largest absolute Gasteiger partial charge is 0.464 e. The number of amidine groups is 1. The molecule has 0 unspecified atom stereocenters. The second kappa shape index (κ2) is 3.81. The Labute approximate surface area is 66.1 Å². The first kappa shape index (κ1) is 7.86. The van der Waals surface area contributed by atoms with Crippen molar-refractivity contribution in [1.82, 2.24) is 4.90 Å². The number of hydrogen-bond acceptors (Lipinski definition) is 3. The molecule has 11 heavy (non-hydrogen) atoms. The predicted octanol–water partition coefficient (Wildman–Crippen LogP) is 0.566. The molecule has 0 amide bonds. The molecular weight excluding hydrogens is 142 g/mol. The lowest BCUT2D eigenvalue weighted by Gasteiger charge is -2.27. The zero-order chi connectivity index (χ0) is 8.10. The molecule has 0 radical (unpaired) electrons. The van der Waals surface area contributed by atoms with Crippen LogP contribution in [0.3, 0.4) is 0 Å². The third-order valence-electron chi connectivity index (χ3n) is 1.60. The van der Waals surface area contributed by atoms with Gasteiger partial charge in [0, 0.05) is 13.1 Å². The molecule has 0 aromatic rings. The molecule has 1 heterocycles. The van der Waals surface area contributed by atoms with Gasteiger partial charge in [0.1, 0.15) is 0 Å². The van der Waals surface area contributed by atoms with E-state index in [-0.39, 0.29) is 0 Å². The topological polar surface area (TPSA) is 48.6 Å². The van der Waals surface area contributed by atoms with Crippen molar-refractivity contribution in [3.63, 3.8) is 0 Å². The molecule has 1 aliphatic rings. The van der Waals surface area contributed by atoms with Gasteiger partial charge in [0.25, 0.3) is 0 Å². The van der Waals surface area contributed by atoms with Crippen LogP contribution >= 0.6 is 0 Å². The Morgan fingerprint density at radius 2 is 2.64 bits per heavy atom. The normalized spacial score (nSPS) is 21.1. The van der Waals surface area contributed by atoms with E-state index in [1.807, 2.05) is 11.8 Å². The lowest BCUT2D eigenvalue weighted by atomic mass is 10.4. The molecule has 1 fully saturated rings. The summed E-state index contributed by atoms with van der Waals surface area (Å²) in [7, 11) is 0. The highest BCUT2D eigenvalue weighted by atomic mass is 16.5. The van der Waals surface area contributed by atoms with E-state index < -0.39 is 0 Å². The van der Waals surface area contributed by atoms with E-state index in [9.17, 15) is 0 Å². The number of rotatable bonds is 1. The van der Waals surface area contributed by atoms with Gasteiger partial charge >= 0.3 is 6.02 Å². The van der Waals surface area contributed by atoms with Gasteiger partial charge in [-0.3, -0.25) is 0 Å². The Kier molecular flexibility index (Phi) is 2.73. The van der Waals surface area contributed by atoms with Crippen LogP contribution in [-0.4, -0.2) is 30.6 Å². The van der Waals surface area contributed by atoms with Crippen LogP contribution < -0.4 is 0 Å². The number of nitriles is 1. The van der Waals surface area contributed by atoms with Crippen LogP contribution in [0.25, 0.3) is 0 Å². The van der Waals surface area contributed by atoms with Gasteiger partial charge in [-0.25, -0.2) is 0 Å². The smallest absolute Gasteiger partial charge is 0.302 e. The maximum Gasteiger partial charge on any atom is 0.302 e. The van der Waals surface area contributed by atoms with E-state index >= 15 is 0 Å². The van der Waals surface area contributed by atoms with Crippen molar-refractivity contribution < 1.29 is 4.74 Å². The zero-order valence-corrected chi connectivity index (χ0v) is 6.58. The Morgan fingerprint density at radius 1 is 1.82 bits per heavy atom. The second-order valence-electron chi connectivity index (χ2n) is 2.28. The molecule has 4 nitrogen and oxygen atoms in total. The Morgan fingerprint density at radius 3 is 3.27 bits per heavy atom. The minimum atomic E-state index is 0.473. The van der Waals surface area contributed by atoms with E-state index in [0.29, 0.717) is 12.6 Å². The Hall–Kier alpha value is -1.24. The fourth-order valence-corrected chi connectivity index (χ4v) is 1.04. The molecule has 1 aliphatic heterocycles. The number of aliphatic imine (C=N–C) groups is 1. The van der Waals surface area contributed by atoms with Gasteiger partial charge in [-0.15, -0.1) is 4.99 Å². The van der Waals surface area contributed by atoms with Gasteiger partial charge in [-0.05, 0) is 13.3 Å². The maximum absolute atomic E-state index is 8.29. The summed E-state index contributed by atoms with van der Waals surface area (Å²) in [6.07, 6.45) is 2.74. The van der Waals surface area contributed by atoms with Gasteiger partial charge in [0.05, 0.1) is 6.61 Å². The van der Waals surface area contributed by atoms with Crippen LogP contribution in [0.1, 0.15) is 13.3 Å². The first-order valence-corrected chi connectivity index (χ1v) is 3.73. The molecule has 0 atom stereocenters. The molecule has 0 aromatic heterocycles. The van der Waals surface area contributed by atoms with Crippen molar-refractivity contribution in [3.05, 3.63) is 0 Å². The number of ether oxygens (including phenoxy) is 1. The monoisotopic (exact) mass is 153 g/mol. The fourth-order valence-electron chi connectivity index (χ4n) is 1.04. The van der Waals surface area contributed by atoms with Crippen molar-refractivity contribution in [2.24, 2.45) is 4.99 Å². The summed E-state index contributed by atoms with van der Waals surface area (Å²) in [6, 6.07) is 0.473. The van der Waals surface area contributed by atoms with Crippen LogP contribution in [0, 0.1) is 11.5 Å². The quantitative estimate of drug-likeness (QED) is 0.517. The summed E-state index contributed by atoms with van der Waals surface area (Å²) in [4.78, 5) is 5.51. The van der Waals surface area contributed by atoms with E-state index in [1.54, 1.807) is 6.19 Å². The van der Waals surface area contributed by atoms with E-state index in [2.05, 4.69) is 4.99 Å². The van der Waals surface area contributed by atoms with Gasteiger partial charge in [0.15, 0.2) is 0 Å². The summed E-state index contributed by atoms with van der Waals surface area (Å²) in [5.41, 5.74) is 0. The molecule has 0 aliphatic carbocycles. The van der Waals surface area contributed by atoms with Crippen LogP contribution in [0.4, 0.5) is 0 Å². The lowest BCUT2D eigenvalue weighted by molar-refractivity contribution is 0.179. The van der Waals surface area contributed by atoms with Crippen LogP contribution in [0.15, 0.2) is 4.99 Å². The molecule has 0 aromatic carbocycles. The minimum absolute atomic E-state index is 0.473. The van der Waals surface area contributed by atoms with E-state index in [4.69, 9.17) is 10.00 Å². The van der Waals surface area contributed by atoms with E-state index in [0.717, 1.165) is 19.5 Å². The summed E-state index contributed by atoms with van der Waals surface area (Å²) in [6.45, 7) is 4.48. The van der Waals surface area contributed by atoms with Gasteiger partial charge in [0.2, 0.25) is 6.19 Å². The maximum atomic E-state index is 8.29. The zero-order valence-electron chi connectivity index (χ0n) is 6.58. The molecule has 0 N–H and O–H groups in total. The van der Waals surface area contributed by atoms with Gasteiger partial charge < -0.3 is 9.64 Å². The molecular formula is C7H11N3O. The lowest BCUT2D eigenvalue weighted by Crippen LogP contribution is -2.38. The fraction of sp³-hybridized carbons (Fsp3) is 0.714. The third-order valence-corrected chi connectivity index (χ3v) is 1.60. The highest BCUT2D eigenvalue weighted by Crippen LogP contribution is 2.03. The third kappa shape index (κ3) is 1.84.